The fourth-order valence-electron chi connectivity index (χ4n) is 4.32. The van der Waals surface area contributed by atoms with Gasteiger partial charge in [-0.15, -0.1) is 0 Å². The van der Waals surface area contributed by atoms with Crippen molar-refractivity contribution in [3.8, 4) is 22.8 Å². The second-order valence-electron chi connectivity index (χ2n) is 9.38. The topological polar surface area (TPSA) is 88.5 Å². The van der Waals surface area contributed by atoms with Gasteiger partial charge in [0.2, 0.25) is 5.88 Å². The van der Waals surface area contributed by atoms with Crippen LogP contribution in [0.5, 0.6) is 11.6 Å². The van der Waals surface area contributed by atoms with Gasteiger partial charge in [-0.3, -0.25) is 4.79 Å². The number of aryl methyl sites for hydroxylation is 3. The van der Waals surface area contributed by atoms with E-state index in [9.17, 15) is 14.7 Å². The third kappa shape index (κ3) is 7.64. The van der Waals surface area contributed by atoms with Gasteiger partial charge in [0.15, 0.2) is 0 Å². The average Bonchev–Trinajstić information content (AvgIpc) is 2.96. The molecule has 0 unspecified atom stereocenters. The van der Waals surface area contributed by atoms with E-state index in [1.165, 1.54) is 0 Å². The summed E-state index contributed by atoms with van der Waals surface area (Å²) in [6.07, 6.45) is 5.54. The molecule has 8 heteroatoms. The zero-order valence-corrected chi connectivity index (χ0v) is 24.0. The molecule has 0 aliphatic heterocycles. The first-order chi connectivity index (χ1) is 19.4. The first kappa shape index (κ1) is 29.2. The summed E-state index contributed by atoms with van der Waals surface area (Å²) in [4.78, 5) is 29.5. The molecule has 1 amide bonds. The maximum atomic E-state index is 13.3. The van der Waals surface area contributed by atoms with Gasteiger partial charge >= 0.3 is 5.97 Å². The summed E-state index contributed by atoms with van der Waals surface area (Å²) < 4.78 is 5.78. The first-order valence-electron chi connectivity index (χ1n) is 12.9. The largest absolute Gasteiger partial charge is 0.480 e. The number of carbonyl (C=O) groups is 2. The number of nitrogens with zero attached hydrogens (tertiary/aromatic N) is 1. The lowest BCUT2D eigenvalue weighted by Gasteiger charge is -2.17. The lowest BCUT2D eigenvalue weighted by atomic mass is 9.92. The number of thioether (sulfide) groups is 1. The Morgan fingerprint density at radius 2 is 1.70 bits per heavy atom. The number of nitrogens with one attached hydrogen (secondary N) is 1. The average molecular weight is 575 g/mol. The van der Waals surface area contributed by atoms with E-state index in [1.807, 2.05) is 73.8 Å². The molecule has 3 aromatic carbocycles. The van der Waals surface area contributed by atoms with Gasteiger partial charge in [0, 0.05) is 17.8 Å². The highest BCUT2D eigenvalue weighted by molar-refractivity contribution is 7.98. The number of hydrogen-bond acceptors (Lipinski definition) is 5. The molecule has 1 aromatic heterocycles. The smallest absolute Gasteiger partial charge is 0.326 e. The molecule has 0 aliphatic rings. The van der Waals surface area contributed by atoms with Crippen molar-refractivity contribution in [2.24, 2.45) is 0 Å². The highest BCUT2D eigenvalue weighted by Gasteiger charge is 2.22. The molecule has 0 saturated carbocycles. The van der Waals surface area contributed by atoms with Gasteiger partial charge in [0.25, 0.3) is 5.91 Å². The third-order valence-electron chi connectivity index (χ3n) is 6.53. The molecule has 0 radical (unpaired) electrons. The van der Waals surface area contributed by atoms with Gasteiger partial charge in [-0.25, -0.2) is 9.78 Å². The number of amides is 1. The van der Waals surface area contributed by atoms with E-state index in [2.05, 4.69) is 10.3 Å². The number of benzene rings is 3. The molecule has 0 saturated heterocycles. The van der Waals surface area contributed by atoms with Crippen LogP contribution in [-0.4, -0.2) is 40.0 Å². The van der Waals surface area contributed by atoms with E-state index < -0.39 is 17.9 Å². The van der Waals surface area contributed by atoms with Crippen LogP contribution in [0.1, 0.15) is 33.5 Å². The van der Waals surface area contributed by atoms with E-state index in [1.54, 1.807) is 36.2 Å². The van der Waals surface area contributed by atoms with Crippen LogP contribution in [0, 0.1) is 6.92 Å². The van der Waals surface area contributed by atoms with E-state index in [0.717, 1.165) is 40.7 Å². The van der Waals surface area contributed by atoms with Crippen LogP contribution in [0.25, 0.3) is 11.1 Å². The van der Waals surface area contributed by atoms with Gasteiger partial charge in [-0.2, -0.15) is 11.8 Å². The summed E-state index contributed by atoms with van der Waals surface area (Å²) >= 11 is 7.72. The minimum absolute atomic E-state index is 0.357. The number of hydrogen-bond donors (Lipinski definition) is 2. The Labute approximate surface area is 243 Å². The number of carboxylic acid groups (broad SMARTS) is 1. The molecule has 0 spiro atoms. The van der Waals surface area contributed by atoms with Crippen molar-refractivity contribution in [3.05, 3.63) is 112 Å². The van der Waals surface area contributed by atoms with Crippen molar-refractivity contribution in [1.29, 1.82) is 0 Å². The first-order valence-corrected chi connectivity index (χ1v) is 14.7. The van der Waals surface area contributed by atoms with Crippen LogP contribution >= 0.6 is 23.4 Å². The van der Waals surface area contributed by atoms with Gasteiger partial charge in [-0.05, 0) is 84.2 Å². The zero-order chi connectivity index (χ0) is 28.5. The maximum Gasteiger partial charge on any atom is 0.326 e. The summed E-state index contributed by atoms with van der Waals surface area (Å²) in [7, 11) is 0. The molecule has 40 heavy (non-hydrogen) atoms. The fourth-order valence-corrected chi connectivity index (χ4v) is 4.97. The van der Waals surface area contributed by atoms with Crippen LogP contribution in [0.4, 0.5) is 0 Å². The number of carboxylic acids is 1. The number of aliphatic carboxylic acids is 1. The number of aromatic nitrogens is 1. The standard InChI is InChI=1S/C32H31ClN2O4S/c1-21-7-3-4-8-24(21)26-19-22(13-15-25(26)31(36)35-28(32(37)38)17-18-40-2)11-12-23-14-16-30(34-20-23)39-29-10-6-5-9-27(29)33/h3-10,13-16,19-20,28H,11-12,17-18H2,1-2H3,(H,35,36)(H,37,38)/t28-/m0/s1. The van der Waals surface area contributed by atoms with Crippen molar-refractivity contribution in [1.82, 2.24) is 10.3 Å². The lowest BCUT2D eigenvalue weighted by Crippen LogP contribution is -2.41. The maximum absolute atomic E-state index is 13.3. The molecular weight excluding hydrogens is 544 g/mol. The summed E-state index contributed by atoms with van der Waals surface area (Å²) in [5.74, 6) is 0.232. The van der Waals surface area contributed by atoms with Gasteiger partial charge in [0.05, 0.1) is 5.02 Å². The normalized spacial score (nSPS) is 11.6. The van der Waals surface area contributed by atoms with Crippen molar-refractivity contribution in [2.75, 3.05) is 12.0 Å². The van der Waals surface area contributed by atoms with Crippen LogP contribution in [-0.2, 0) is 17.6 Å². The predicted molar refractivity (Wildman–Crippen MR) is 162 cm³/mol. The number of rotatable bonds is 12. The minimum Gasteiger partial charge on any atom is -0.480 e. The van der Waals surface area contributed by atoms with Crippen LogP contribution in [0.3, 0.4) is 0 Å². The lowest BCUT2D eigenvalue weighted by molar-refractivity contribution is -0.139. The van der Waals surface area contributed by atoms with Gasteiger partial charge in [0.1, 0.15) is 11.8 Å². The Morgan fingerprint density at radius 1 is 0.975 bits per heavy atom. The molecule has 0 aliphatic carbocycles. The van der Waals surface area contributed by atoms with Crippen LogP contribution < -0.4 is 10.1 Å². The van der Waals surface area contributed by atoms with Crippen molar-refractivity contribution in [3.63, 3.8) is 0 Å². The van der Waals surface area contributed by atoms with E-state index >= 15 is 0 Å². The van der Waals surface area contributed by atoms with E-state index in [0.29, 0.717) is 34.4 Å². The SMILES string of the molecule is CSCC[C@H](NC(=O)c1ccc(CCc2ccc(Oc3ccccc3Cl)nc2)cc1-c1ccccc1C)C(=O)O. The number of para-hydroxylation sites is 1. The van der Waals surface area contributed by atoms with Crippen molar-refractivity contribution in [2.45, 2.75) is 32.2 Å². The van der Waals surface area contributed by atoms with E-state index in [-0.39, 0.29) is 0 Å². The number of carbonyl (C=O) groups excluding carboxylic acids is 1. The van der Waals surface area contributed by atoms with Gasteiger partial charge < -0.3 is 15.2 Å². The molecule has 4 aromatic rings. The summed E-state index contributed by atoms with van der Waals surface area (Å²) in [6.45, 7) is 2.00. The molecule has 0 fully saturated rings. The fraction of sp³-hybridized carbons (Fsp3) is 0.219. The van der Waals surface area contributed by atoms with Crippen molar-refractivity contribution >= 4 is 35.2 Å². The summed E-state index contributed by atoms with van der Waals surface area (Å²) in [6, 6.07) is 23.7. The summed E-state index contributed by atoms with van der Waals surface area (Å²) in [5, 5.41) is 12.9. The highest BCUT2D eigenvalue weighted by Crippen LogP contribution is 2.30. The minimum atomic E-state index is -1.03. The number of pyridine rings is 1. The second kappa shape index (κ2) is 14.0. The Hall–Kier alpha value is -3.81. The van der Waals surface area contributed by atoms with Crippen LogP contribution in [0.2, 0.25) is 5.02 Å². The molecule has 0 bridgehead atoms. The zero-order valence-electron chi connectivity index (χ0n) is 22.4. The number of ether oxygens (including phenoxy) is 1. The van der Waals surface area contributed by atoms with Gasteiger partial charge in [-0.1, -0.05) is 66.2 Å². The third-order valence-corrected chi connectivity index (χ3v) is 7.49. The van der Waals surface area contributed by atoms with E-state index in [4.69, 9.17) is 16.3 Å². The highest BCUT2D eigenvalue weighted by atomic mass is 35.5. The predicted octanol–water partition coefficient (Wildman–Crippen LogP) is 7.22. The Morgan fingerprint density at radius 3 is 2.40 bits per heavy atom. The Kier molecular flexibility index (Phi) is 10.2. The Bertz CT molecular complexity index is 1480. The molecule has 1 heterocycles. The molecule has 206 valence electrons. The Balaban J connectivity index is 1.52. The molecule has 6 nitrogen and oxygen atoms in total. The number of halogens is 1. The van der Waals surface area contributed by atoms with Crippen LogP contribution in [0.15, 0.2) is 85.1 Å². The molecule has 4 rings (SSSR count). The monoisotopic (exact) mass is 574 g/mol. The molecular formula is C32H31ClN2O4S. The summed E-state index contributed by atoms with van der Waals surface area (Å²) in [5.41, 5.74) is 5.31. The second-order valence-corrected chi connectivity index (χ2v) is 10.8. The van der Waals surface area contributed by atoms with Crippen molar-refractivity contribution < 1.29 is 19.4 Å². The molecule has 2 N–H and O–H groups in total. The molecule has 1 atom stereocenters. The quantitative estimate of drug-likeness (QED) is 0.186.